The summed E-state index contributed by atoms with van der Waals surface area (Å²) in [5.74, 6) is 1.96. The van der Waals surface area contributed by atoms with Crippen molar-refractivity contribution >= 4 is 5.82 Å². The topological polar surface area (TPSA) is 44.3 Å². The highest BCUT2D eigenvalue weighted by Gasteiger charge is 2.31. The number of anilines is 1. The summed E-state index contributed by atoms with van der Waals surface area (Å²) in [6.45, 7) is 7.31. The van der Waals surface area contributed by atoms with E-state index in [1.54, 1.807) is 0 Å². The molecule has 0 atom stereocenters. The van der Waals surface area contributed by atoms with Gasteiger partial charge in [-0.05, 0) is 26.8 Å². The number of piperazine rings is 1. The van der Waals surface area contributed by atoms with Crippen molar-refractivity contribution in [3.8, 4) is 0 Å². The van der Waals surface area contributed by atoms with Crippen LogP contribution < -0.4 is 10.2 Å². The van der Waals surface area contributed by atoms with Crippen LogP contribution in [0.5, 0.6) is 0 Å². The monoisotopic (exact) mass is 261 g/mol. The molecule has 2 heterocycles. The summed E-state index contributed by atoms with van der Waals surface area (Å²) >= 11 is 0. The molecule has 104 valence electrons. The molecule has 1 aromatic rings. The minimum Gasteiger partial charge on any atom is -0.354 e. The fraction of sp³-hybridized carbons (Fsp3) is 0.714. The lowest BCUT2D eigenvalue weighted by Crippen LogP contribution is -2.47. The Morgan fingerprint density at radius 2 is 1.95 bits per heavy atom. The molecule has 0 radical (unpaired) electrons. The first-order chi connectivity index (χ1) is 9.26. The molecule has 0 spiro atoms. The summed E-state index contributed by atoms with van der Waals surface area (Å²) in [5, 5.41) is 3.15. The van der Waals surface area contributed by atoms with E-state index in [0.29, 0.717) is 0 Å². The van der Waals surface area contributed by atoms with E-state index in [1.165, 1.54) is 25.9 Å². The quantitative estimate of drug-likeness (QED) is 0.868. The molecule has 2 fully saturated rings. The van der Waals surface area contributed by atoms with Gasteiger partial charge >= 0.3 is 0 Å². The second-order valence-electron chi connectivity index (χ2n) is 5.55. The van der Waals surface area contributed by atoms with Crippen LogP contribution in [0.25, 0.3) is 0 Å². The molecular weight excluding hydrogens is 238 g/mol. The zero-order chi connectivity index (χ0) is 13.2. The minimum atomic E-state index is 0.804. The van der Waals surface area contributed by atoms with Crippen molar-refractivity contribution in [2.45, 2.75) is 32.4 Å². The zero-order valence-electron chi connectivity index (χ0n) is 11.9. The zero-order valence-corrected chi connectivity index (χ0v) is 11.9. The molecule has 0 amide bonds. The van der Waals surface area contributed by atoms with Gasteiger partial charge in [0.2, 0.25) is 0 Å². The molecule has 0 aromatic carbocycles. The van der Waals surface area contributed by atoms with Crippen molar-refractivity contribution in [3.63, 3.8) is 0 Å². The van der Waals surface area contributed by atoms with Crippen molar-refractivity contribution in [2.24, 2.45) is 0 Å². The van der Waals surface area contributed by atoms with Crippen LogP contribution in [0.2, 0.25) is 0 Å². The summed E-state index contributed by atoms with van der Waals surface area (Å²) in [6.07, 6.45) is 2.80. The van der Waals surface area contributed by atoms with Crippen LogP contribution in [-0.4, -0.2) is 54.1 Å². The van der Waals surface area contributed by atoms with Gasteiger partial charge in [0.15, 0.2) is 0 Å². The number of nitrogens with one attached hydrogen (secondary N) is 1. The van der Waals surface area contributed by atoms with Gasteiger partial charge in [0.25, 0.3) is 0 Å². The number of rotatable bonds is 4. The normalized spacial score (nSPS) is 20.8. The molecule has 1 aromatic heterocycles. The molecule has 1 aliphatic heterocycles. The maximum Gasteiger partial charge on any atom is 0.132 e. The Hall–Kier alpha value is -1.20. The van der Waals surface area contributed by atoms with E-state index >= 15 is 0 Å². The molecule has 5 nitrogen and oxygen atoms in total. The van der Waals surface area contributed by atoms with Crippen molar-refractivity contribution in [3.05, 3.63) is 17.6 Å². The van der Waals surface area contributed by atoms with Gasteiger partial charge in [-0.15, -0.1) is 0 Å². The second-order valence-corrected chi connectivity index (χ2v) is 5.55. The molecule has 1 saturated heterocycles. The molecule has 0 unspecified atom stereocenters. The largest absolute Gasteiger partial charge is 0.354 e. The van der Waals surface area contributed by atoms with Crippen molar-refractivity contribution < 1.29 is 0 Å². The van der Waals surface area contributed by atoms with E-state index in [0.717, 1.165) is 43.0 Å². The Balaban J connectivity index is 1.68. The lowest BCUT2D eigenvalue weighted by atomic mass is 10.3. The van der Waals surface area contributed by atoms with E-state index in [1.807, 2.05) is 14.0 Å². The number of nitrogens with zero attached hydrogens (tertiary/aromatic N) is 4. The van der Waals surface area contributed by atoms with Crippen molar-refractivity contribution in [1.29, 1.82) is 0 Å². The third kappa shape index (κ3) is 3.04. The fourth-order valence-corrected chi connectivity index (χ4v) is 2.80. The highest BCUT2D eigenvalue weighted by Crippen LogP contribution is 2.28. The fourth-order valence-electron chi connectivity index (χ4n) is 2.80. The molecule has 5 heteroatoms. The van der Waals surface area contributed by atoms with Crippen LogP contribution in [0, 0.1) is 6.92 Å². The maximum absolute atomic E-state index is 4.59. The smallest absolute Gasteiger partial charge is 0.132 e. The molecule has 19 heavy (non-hydrogen) atoms. The number of hydrogen-bond donors (Lipinski definition) is 1. The van der Waals surface area contributed by atoms with Gasteiger partial charge in [0, 0.05) is 44.8 Å². The predicted molar refractivity (Wildman–Crippen MR) is 76.3 cm³/mol. The Labute approximate surface area is 115 Å². The van der Waals surface area contributed by atoms with E-state index in [2.05, 4.69) is 31.2 Å². The number of hydrogen-bond acceptors (Lipinski definition) is 5. The van der Waals surface area contributed by atoms with Gasteiger partial charge < -0.3 is 10.2 Å². The second kappa shape index (κ2) is 5.43. The highest BCUT2D eigenvalue weighted by atomic mass is 15.3. The molecular formula is C14H23N5. The Morgan fingerprint density at radius 3 is 2.58 bits per heavy atom. The number of aromatic nitrogens is 2. The van der Waals surface area contributed by atoms with Crippen LogP contribution >= 0.6 is 0 Å². The van der Waals surface area contributed by atoms with E-state index in [-0.39, 0.29) is 0 Å². The average molecular weight is 261 g/mol. The first-order valence-electron chi connectivity index (χ1n) is 7.24. The average Bonchev–Trinajstić information content (AvgIpc) is 3.23. The summed E-state index contributed by atoms with van der Waals surface area (Å²) in [4.78, 5) is 14.1. The molecule has 1 N–H and O–H groups in total. The Morgan fingerprint density at radius 1 is 1.21 bits per heavy atom. The molecule has 3 rings (SSSR count). The van der Waals surface area contributed by atoms with Crippen molar-refractivity contribution in [2.75, 3.05) is 38.1 Å². The standard InChI is InChI=1S/C14H23N5/c1-11-16-12(10-15-2)9-14(17-11)19-7-5-18(6-8-19)13-3-4-13/h9,13,15H,3-8,10H2,1-2H3. The molecule has 0 bridgehead atoms. The van der Waals surface area contributed by atoms with Gasteiger partial charge in [0.05, 0.1) is 5.69 Å². The van der Waals surface area contributed by atoms with Crippen LogP contribution in [0.15, 0.2) is 6.07 Å². The lowest BCUT2D eigenvalue weighted by Gasteiger charge is -2.35. The van der Waals surface area contributed by atoms with Crippen LogP contribution in [0.3, 0.4) is 0 Å². The van der Waals surface area contributed by atoms with Gasteiger partial charge in [-0.25, -0.2) is 9.97 Å². The minimum absolute atomic E-state index is 0.804. The third-order valence-corrected chi connectivity index (χ3v) is 3.94. The summed E-state index contributed by atoms with van der Waals surface area (Å²) in [7, 11) is 1.95. The highest BCUT2D eigenvalue weighted by molar-refractivity contribution is 5.40. The Bertz CT molecular complexity index is 435. The molecule has 1 saturated carbocycles. The van der Waals surface area contributed by atoms with Gasteiger partial charge in [0.1, 0.15) is 11.6 Å². The van der Waals surface area contributed by atoms with E-state index < -0.39 is 0 Å². The summed E-state index contributed by atoms with van der Waals surface area (Å²) < 4.78 is 0. The van der Waals surface area contributed by atoms with Gasteiger partial charge in [-0.3, -0.25) is 4.90 Å². The number of aryl methyl sites for hydroxylation is 1. The van der Waals surface area contributed by atoms with Gasteiger partial charge in [-0.1, -0.05) is 0 Å². The van der Waals surface area contributed by atoms with Crippen LogP contribution in [0.1, 0.15) is 24.4 Å². The van der Waals surface area contributed by atoms with Gasteiger partial charge in [-0.2, -0.15) is 0 Å². The Kier molecular flexibility index (Phi) is 3.66. The van der Waals surface area contributed by atoms with Crippen LogP contribution in [-0.2, 0) is 6.54 Å². The first kappa shape index (κ1) is 12.8. The summed E-state index contributed by atoms with van der Waals surface area (Å²) in [6, 6.07) is 3.00. The summed E-state index contributed by atoms with van der Waals surface area (Å²) in [5.41, 5.74) is 1.08. The van der Waals surface area contributed by atoms with E-state index in [4.69, 9.17) is 0 Å². The lowest BCUT2D eigenvalue weighted by molar-refractivity contribution is 0.247. The van der Waals surface area contributed by atoms with Crippen LogP contribution in [0.4, 0.5) is 5.82 Å². The third-order valence-electron chi connectivity index (χ3n) is 3.94. The van der Waals surface area contributed by atoms with Crippen molar-refractivity contribution in [1.82, 2.24) is 20.2 Å². The first-order valence-corrected chi connectivity index (χ1v) is 7.24. The maximum atomic E-state index is 4.59. The predicted octanol–water partition coefficient (Wildman–Crippen LogP) is 0.789. The van der Waals surface area contributed by atoms with E-state index in [9.17, 15) is 0 Å². The molecule has 1 aliphatic carbocycles. The SMILES string of the molecule is CNCc1cc(N2CCN(C3CC3)CC2)nc(C)n1. The molecule has 2 aliphatic rings.